The van der Waals surface area contributed by atoms with Gasteiger partial charge in [0.05, 0.1) is 0 Å². The number of rotatable bonds is 4. The highest BCUT2D eigenvalue weighted by Gasteiger charge is 2.30. The molecule has 1 radical (unpaired) electrons. The van der Waals surface area contributed by atoms with Crippen LogP contribution in [0.15, 0.2) is 24.3 Å². The van der Waals surface area contributed by atoms with Crippen LogP contribution in [0, 0.1) is 0 Å². The maximum atomic E-state index is 11.8. The molecule has 81 valence electrons. The van der Waals surface area contributed by atoms with Crippen molar-refractivity contribution in [3.63, 3.8) is 0 Å². The second-order valence-corrected chi connectivity index (χ2v) is 2.84. The Kier molecular flexibility index (Phi) is 3.71. The SMILES string of the molecule is O=[C]CCc1cccc(OC(F)(F)F)c1. The third-order valence-electron chi connectivity index (χ3n) is 1.65. The Morgan fingerprint density at radius 3 is 2.67 bits per heavy atom. The van der Waals surface area contributed by atoms with Crippen LogP contribution in [0.5, 0.6) is 5.75 Å². The number of aryl methyl sites for hydroxylation is 1. The van der Waals surface area contributed by atoms with Crippen LogP contribution in [0.25, 0.3) is 0 Å². The highest BCUT2D eigenvalue weighted by molar-refractivity contribution is 5.51. The molecule has 0 saturated heterocycles. The van der Waals surface area contributed by atoms with E-state index < -0.39 is 6.36 Å². The Morgan fingerprint density at radius 1 is 1.33 bits per heavy atom. The Balaban J connectivity index is 2.69. The summed E-state index contributed by atoms with van der Waals surface area (Å²) in [5, 5.41) is 0. The summed E-state index contributed by atoms with van der Waals surface area (Å²) in [5.41, 5.74) is 0.611. The Bertz CT molecular complexity index is 334. The molecule has 0 bridgehead atoms. The van der Waals surface area contributed by atoms with Gasteiger partial charge in [-0.05, 0) is 24.1 Å². The van der Waals surface area contributed by atoms with Crippen molar-refractivity contribution in [2.45, 2.75) is 19.2 Å². The first kappa shape index (κ1) is 11.6. The fourth-order valence-corrected chi connectivity index (χ4v) is 1.09. The molecule has 0 atom stereocenters. The van der Waals surface area contributed by atoms with E-state index in [1.165, 1.54) is 18.2 Å². The fraction of sp³-hybridized carbons (Fsp3) is 0.300. The van der Waals surface area contributed by atoms with Gasteiger partial charge in [0.1, 0.15) is 5.75 Å². The molecule has 0 heterocycles. The molecule has 15 heavy (non-hydrogen) atoms. The molecule has 0 spiro atoms. The molecule has 0 fully saturated rings. The number of halogens is 3. The first-order chi connectivity index (χ1) is 7.01. The van der Waals surface area contributed by atoms with Gasteiger partial charge in [-0.3, -0.25) is 4.79 Å². The van der Waals surface area contributed by atoms with Gasteiger partial charge in [-0.2, -0.15) is 0 Å². The fourth-order valence-electron chi connectivity index (χ4n) is 1.09. The first-order valence-electron chi connectivity index (χ1n) is 4.21. The molecule has 0 saturated carbocycles. The van der Waals surface area contributed by atoms with Gasteiger partial charge in [0.25, 0.3) is 0 Å². The van der Waals surface area contributed by atoms with E-state index in [-0.39, 0.29) is 12.2 Å². The summed E-state index contributed by atoms with van der Waals surface area (Å²) in [7, 11) is 0. The predicted octanol–water partition coefficient (Wildman–Crippen LogP) is 2.63. The quantitative estimate of drug-likeness (QED) is 0.774. The lowest BCUT2D eigenvalue weighted by atomic mass is 10.1. The summed E-state index contributed by atoms with van der Waals surface area (Å²) in [5.74, 6) is -0.272. The number of alkyl halides is 3. The summed E-state index contributed by atoms with van der Waals surface area (Å²) >= 11 is 0. The zero-order valence-electron chi connectivity index (χ0n) is 7.67. The van der Waals surface area contributed by atoms with Crippen LogP contribution in [-0.4, -0.2) is 12.6 Å². The molecule has 0 N–H and O–H groups in total. The highest BCUT2D eigenvalue weighted by Crippen LogP contribution is 2.23. The van der Waals surface area contributed by atoms with Crippen LogP contribution in [0.3, 0.4) is 0 Å². The molecule has 0 aliphatic heterocycles. The number of carbonyl (C=O) groups excluding carboxylic acids is 1. The summed E-state index contributed by atoms with van der Waals surface area (Å²) < 4.78 is 39.2. The Hall–Kier alpha value is -1.52. The number of benzene rings is 1. The van der Waals surface area contributed by atoms with Crippen LogP contribution in [0.1, 0.15) is 12.0 Å². The number of ether oxygens (including phenoxy) is 1. The lowest BCUT2D eigenvalue weighted by Gasteiger charge is -2.09. The van der Waals surface area contributed by atoms with Crippen molar-refractivity contribution in [1.29, 1.82) is 0 Å². The minimum atomic E-state index is -4.69. The molecule has 0 unspecified atom stereocenters. The van der Waals surface area contributed by atoms with Crippen molar-refractivity contribution in [2.75, 3.05) is 0 Å². The summed E-state index contributed by atoms with van der Waals surface area (Å²) in [6.45, 7) is 0. The van der Waals surface area contributed by atoms with Gasteiger partial charge in [0.2, 0.25) is 0 Å². The maximum absolute atomic E-state index is 11.8. The lowest BCUT2D eigenvalue weighted by molar-refractivity contribution is -0.274. The smallest absolute Gasteiger partial charge is 0.406 e. The second-order valence-electron chi connectivity index (χ2n) is 2.84. The number of hydrogen-bond acceptors (Lipinski definition) is 2. The molecule has 0 aliphatic rings. The van der Waals surface area contributed by atoms with Gasteiger partial charge in [0, 0.05) is 6.42 Å². The largest absolute Gasteiger partial charge is 0.573 e. The van der Waals surface area contributed by atoms with Crippen molar-refractivity contribution in [3.05, 3.63) is 29.8 Å². The van der Waals surface area contributed by atoms with E-state index >= 15 is 0 Å². The summed E-state index contributed by atoms with van der Waals surface area (Å²) in [6, 6.07) is 5.54. The van der Waals surface area contributed by atoms with Crippen LogP contribution in [0.4, 0.5) is 13.2 Å². The molecule has 0 aliphatic carbocycles. The van der Waals surface area contributed by atoms with E-state index in [1.807, 2.05) is 0 Å². The molecule has 1 rings (SSSR count). The minimum Gasteiger partial charge on any atom is -0.406 e. The normalized spacial score (nSPS) is 11.1. The monoisotopic (exact) mass is 217 g/mol. The second kappa shape index (κ2) is 4.82. The molecule has 0 amide bonds. The molecular formula is C10H8F3O2. The van der Waals surface area contributed by atoms with Crippen molar-refractivity contribution in [3.8, 4) is 5.75 Å². The van der Waals surface area contributed by atoms with Crippen LogP contribution in [0.2, 0.25) is 0 Å². The molecule has 1 aromatic rings. The average molecular weight is 217 g/mol. The van der Waals surface area contributed by atoms with Gasteiger partial charge < -0.3 is 4.74 Å². The van der Waals surface area contributed by atoms with Gasteiger partial charge in [-0.15, -0.1) is 13.2 Å². The van der Waals surface area contributed by atoms with Gasteiger partial charge in [0.15, 0.2) is 6.29 Å². The molecular weight excluding hydrogens is 209 g/mol. The van der Waals surface area contributed by atoms with Crippen LogP contribution >= 0.6 is 0 Å². The Morgan fingerprint density at radius 2 is 2.07 bits per heavy atom. The zero-order chi connectivity index (χ0) is 11.3. The predicted molar refractivity (Wildman–Crippen MR) is 47.1 cm³/mol. The molecule has 1 aromatic carbocycles. The zero-order valence-corrected chi connectivity index (χ0v) is 7.67. The maximum Gasteiger partial charge on any atom is 0.573 e. The van der Waals surface area contributed by atoms with Crippen LogP contribution in [-0.2, 0) is 11.2 Å². The molecule has 2 nitrogen and oxygen atoms in total. The van der Waals surface area contributed by atoms with E-state index in [2.05, 4.69) is 4.74 Å². The van der Waals surface area contributed by atoms with Gasteiger partial charge in [-0.25, -0.2) is 0 Å². The van der Waals surface area contributed by atoms with Crippen LogP contribution < -0.4 is 4.74 Å². The van der Waals surface area contributed by atoms with Gasteiger partial charge in [-0.1, -0.05) is 12.1 Å². The average Bonchev–Trinajstić information content (AvgIpc) is 2.12. The van der Waals surface area contributed by atoms with Crippen molar-refractivity contribution >= 4 is 6.29 Å². The van der Waals surface area contributed by atoms with Crippen molar-refractivity contribution < 1.29 is 22.7 Å². The minimum absolute atomic E-state index is 0.162. The van der Waals surface area contributed by atoms with E-state index in [0.29, 0.717) is 12.0 Å². The topological polar surface area (TPSA) is 26.3 Å². The number of hydrogen-bond donors (Lipinski definition) is 0. The van der Waals surface area contributed by atoms with Crippen molar-refractivity contribution in [1.82, 2.24) is 0 Å². The highest BCUT2D eigenvalue weighted by atomic mass is 19.4. The lowest BCUT2D eigenvalue weighted by Crippen LogP contribution is -2.17. The third kappa shape index (κ3) is 4.49. The van der Waals surface area contributed by atoms with E-state index in [4.69, 9.17) is 0 Å². The van der Waals surface area contributed by atoms with Crippen molar-refractivity contribution in [2.24, 2.45) is 0 Å². The summed E-state index contributed by atoms with van der Waals surface area (Å²) in [4.78, 5) is 9.96. The standard InChI is InChI=1S/C10H8F3O2/c11-10(12,13)15-9-5-1-3-8(7-9)4-2-6-14/h1,3,5,7H,2,4H2. The molecule has 0 aromatic heterocycles. The van der Waals surface area contributed by atoms with Gasteiger partial charge >= 0.3 is 6.36 Å². The Labute approximate surface area is 84.7 Å². The summed E-state index contributed by atoms with van der Waals surface area (Å²) in [6.07, 6.45) is -2.49. The first-order valence-corrected chi connectivity index (χ1v) is 4.21. The van der Waals surface area contributed by atoms with E-state index in [1.54, 1.807) is 12.4 Å². The van der Waals surface area contributed by atoms with E-state index in [0.717, 1.165) is 0 Å². The molecule has 5 heteroatoms. The third-order valence-corrected chi connectivity index (χ3v) is 1.65. The van der Waals surface area contributed by atoms with E-state index in [9.17, 15) is 18.0 Å².